The summed E-state index contributed by atoms with van der Waals surface area (Å²) in [7, 11) is 1.85. The van der Waals surface area contributed by atoms with E-state index in [4.69, 9.17) is 0 Å². The summed E-state index contributed by atoms with van der Waals surface area (Å²) in [5.41, 5.74) is 1.82. The monoisotopic (exact) mass is 366 g/mol. The highest BCUT2D eigenvalue weighted by molar-refractivity contribution is 5.80. The SMILES string of the molecule is CCc1nc2n(n1)CC(NC(=NC)NCC1(Cc3ccccc3)CC1)CC2. The molecule has 0 amide bonds. The smallest absolute Gasteiger partial charge is 0.191 e. The molecule has 4 rings (SSSR count). The minimum absolute atomic E-state index is 0.347. The predicted molar refractivity (Wildman–Crippen MR) is 108 cm³/mol. The first-order valence-electron chi connectivity index (χ1n) is 10.1. The van der Waals surface area contributed by atoms with Gasteiger partial charge in [-0.1, -0.05) is 37.3 Å². The van der Waals surface area contributed by atoms with E-state index in [2.05, 4.69) is 67.6 Å². The van der Waals surface area contributed by atoms with Gasteiger partial charge in [0.25, 0.3) is 0 Å². The van der Waals surface area contributed by atoms with Gasteiger partial charge in [0, 0.05) is 32.5 Å². The Morgan fingerprint density at radius 3 is 2.81 bits per heavy atom. The fourth-order valence-electron chi connectivity index (χ4n) is 3.91. The van der Waals surface area contributed by atoms with E-state index in [0.29, 0.717) is 11.5 Å². The summed E-state index contributed by atoms with van der Waals surface area (Å²) in [6.45, 7) is 3.94. The maximum absolute atomic E-state index is 4.60. The van der Waals surface area contributed by atoms with Crippen LogP contribution in [0, 0.1) is 5.41 Å². The number of aliphatic imine (C=N–C) groups is 1. The zero-order valence-electron chi connectivity index (χ0n) is 16.4. The van der Waals surface area contributed by atoms with Gasteiger partial charge >= 0.3 is 0 Å². The lowest BCUT2D eigenvalue weighted by Crippen LogP contribution is -2.48. The zero-order chi connectivity index (χ0) is 18.7. The fourth-order valence-corrected chi connectivity index (χ4v) is 3.91. The Balaban J connectivity index is 1.30. The first-order valence-corrected chi connectivity index (χ1v) is 10.1. The van der Waals surface area contributed by atoms with E-state index in [0.717, 1.165) is 56.4 Å². The van der Waals surface area contributed by atoms with Crippen LogP contribution in [0.15, 0.2) is 35.3 Å². The van der Waals surface area contributed by atoms with Gasteiger partial charge in [-0.15, -0.1) is 0 Å². The third-order valence-electron chi connectivity index (χ3n) is 5.79. The zero-order valence-corrected chi connectivity index (χ0v) is 16.4. The van der Waals surface area contributed by atoms with Crippen molar-refractivity contribution in [3.63, 3.8) is 0 Å². The van der Waals surface area contributed by atoms with Gasteiger partial charge in [-0.25, -0.2) is 9.67 Å². The Morgan fingerprint density at radius 1 is 1.30 bits per heavy atom. The van der Waals surface area contributed by atoms with Crippen LogP contribution in [-0.2, 0) is 25.8 Å². The lowest BCUT2D eigenvalue weighted by atomic mass is 9.96. The average Bonchev–Trinajstić information content (AvgIpc) is 3.33. The molecule has 1 aromatic heterocycles. The summed E-state index contributed by atoms with van der Waals surface area (Å²) in [6, 6.07) is 11.2. The quantitative estimate of drug-likeness (QED) is 0.608. The number of fused-ring (bicyclic) bond motifs is 1. The third kappa shape index (κ3) is 4.31. The average molecular weight is 367 g/mol. The van der Waals surface area contributed by atoms with Gasteiger partial charge in [0.15, 0.2) is 11.8 Å². The van der Waals surface area contributed by atoms with Crippen LogP contribution in [0.2, 0.25) is 0 Å². The highest BCUT2D eigenvalue weighted by atomic mass is 15.4. The second-order valence-corrected chi connectivity index (χ2v) is 7.95. The van der Waals surface area contributed by atoms with Crippen LogP contribution in [0.3, 0.4) is 0 Å². The number of guanidine groups is 1. The lowest BCUT2D eigenvalue weighted by molar-refractivity contribution is 0.389. The van der Waals surface area contributed by atoms with Crippen LogP contribution < -0.4 is 10.6 Å². The number of nitrogens with one attached hydrogen (secondary N) is 2. The second kappa shape index (κ2) is 7.71. The Kier molecular flexibility index (Phi) is 5.14. The molecule has 27 heavy (non-hydrogen) atoms. The molecule has 1 unspecified atom stereocenters. The number of benzene rings is 1. The van der Waals surface area contributed by atoms with Crippen molar-refractivity contribution in [1.29, 1.82) is 0 Å². The summed E-state index contributed by atoms with van der Waals surface area (Å²) < 4.78 is 2.06. The van der Waals surface area contributed by atoms with Crippen molar-refractivity contribution in [2.75, 3.05) is 13.6 Å². The Hall–Kier alpha value is -2.37. The van der Waals surface area contributed by atoms with Gasteiger partial charge in [0.05, 0.1) is 6.54 Å². The van der Waals surface area contributed by atoms with Crippen molar-refractivity contribution in [2.24, 2.45) is 10.4 Å². The molecule has 144 valence electrons. The molecule has 1 aliphatic heterocycles. The second-order valence-electron chi connectivity index (χ2n) is 7.95. The largest absolute Gasteiger partial charge is 0.356 e. The number of rotatable bonds is 6. The van der Waals surface area contributed by atoms with Gasteiger partial charge < -0.3 is 10.6 Å². The maximum atomic E-state index is 4.60. The molecule has 2 heterocycles. The fraction of sp³-hybridized carbons (Fsp3) is 0.571. The molecule has 0 radical (unpaired) electrons. The number of aromatic nitrogens is 3. The molecule has 1 atom stereocenters. The van der Waals surface area contributed by atoms with Gasteiger partial charge in [0.1, 0.15) is 5.82 Å². The third-order valence-corrected chi connectivity index (χ3v) is 5.79. The molecule has 2 N–H and O–H groups in total. The molecule has 2 aromatic rings. The van der Waals surface area contributed by atoms with Crippen LogP contribution in [0.4, 0.5) is 0 Å². The van der Waals surface area contributed by atoms with Crippen molar-refractivity contribution in [2.45, 2.75) is 58.0 Å². The molecule has 0 saturated heterocycles. The summed E-state index contributed by atoms with van der Waals surface area (Å²) in [5.74, 6) is 2.97. The van der Waals surface area contributed by atoms with Crippen molar-refractivity contribution in [3.8, 4) is 0 Å². The molecule has 1 aliphatic carbocycles. The van der Waals surface area contributed by atoms with Gasteiger partial charge in [-0.2, -0.15) is 5.10 Å². The summed E-state index contributed by atoms with van der Waals surface area (Å²) in [6.07, 6.45) is 6.65. The van der Waals surface area contributed by atoms with E-state index in [9.17, 15) is 0 Å². The highest BCUT2D eigenvalue weighted by Crippen LogP contribution is 2.47. The van der Waals surface area contributed by atoms with Crippen molar-refractivity contribution in [1.82, 2.24) is 25.4 Å². The normalized spacial score (nSPS) is 20.8. The number of hydrogen-bond donors (Lipinski definition) is 2. The van der Waals surface area contributed by atoms with Crippen molar-refractivity contribution in [3.05, 3.63) is 47.5 Å². The van der Waals surface area contributed by atoms with E-state index in [1.165, 1.54) is 18.4 Å². The van der Waals surface area contributed by atoms with E-state index >= 15 is 0 Å². The Morgan fingerprint density at radius 2 is 2.11 bits per heavy atom. The number of hydrogen-bond acceptors (Lipinski definition) is 3. The van der Waals surface area contributed by atoms with Crippen LogP contribution in [0.25, 0.3) is 0 Å². The maximum Gasteiger partial charge on any atom is 0.191 e. The number of nitrogens with zero attached hydrogens (tertiary/aromatic N) is 4. The molecule has 2 aliphatic rings. The molecule has 1 fully saturated rings. The van der Waals surface area contributed by atoms with Crippen molar-refractivity contribution < 1.29 is 0 Å². The predicted octanol–water partition coefficient (Wildman–Crippen LogP) is 2.34. The molecule has 1 aromatic carbocycles. The first-order chi connectivity index (χ1) is 13.2. The molecule has 6 heteroatoms. The highest BCUT2D eigenvalue weighted by Gasteiger charge is 2.42. The topological polar surface area (TPSA) is 67.1 Å². The van der Waals surface area contributed by atoms with E-state index in [1.54, 1.807) is 0 Å². The molecule has 1 saturated carbocycles. The number of aryl methyl sites for hydroxylation is 2. The minimum atomic E-state index is 0.347. The van der Waals surface area contributed by atoms with Crippen molar-refractivity contribution >= 4 is 5.96 Å². The Bertz CT molecular complexity index is 790. The molecule has 0 spiro atoms. The van der Waals surface area contributed by atoms with E-state index in [-0.39, 0.29) is 0 Å². The first kappa shape index (κ1) is 18.0. The van der Waals surface area contributed by atoms with Crippen LogP contribution in [-0.4, -0.2) is 40.4 Å². The molecular weight excluding hydrogens is 336 g/mol. The van der Waals surface area contributed by atoms with Crippen LogP contribution in [0.5, 0.6) is 0 Å². The van der Waals surface area contributed by atoms with E-state index < -0.39 is 0 Å². The lowest BCUT2D eigenvalue weighted by Gasteiger charge is -2.26. The van der Waals surface area contributed by atoms with Gasteiger partial charge in [-0.05, 0) is 36.7 Å². The Labute approximate surface area is 161 Å². The summed E-state index contributed by atoms with van der Waals surface area (Å²) in [4.78, 5) is 9.04. The van der Waals surface area contributed by atoms with Crippen LogP contribution >= 0.6 is 0 Å². The summed E-state index contributed by atoms with van der Waals surface area (Å²) >= 11 is 0. The van der Waals surface area contributed by atoms with Crippen LogP contribution in [0.1, 0.15) is 43.4 Å². The molecular formula is C21H30N6. The van der Waals surface area contributed by atoms with Gasteiger partial charge in [0.2, 0.25) is 0 Å². The minimum Gasteiger partial charge on any atom is -0.356 e. The van der Waals surface area contributed by atoms with E-state index in [1.807, 2.05) is 7.05 Å². The standard InChI is InChI=1S/C21H30N6/c1-3-18-25-19-10-9-17(14-27(19)26-18)24-20(22-2)23-15-21(11-12-21)13-16-7-5-4-6-8-16/h4-8,17H,3,9-15H2,1-2H3,(H2,22,23,24). The van der Waals surface area contributed by atoms with Gasteiger partial charge in [-0.3, -0.25) is 4.99 Å². The molecule has 0 bridgehead atoms. The summed E-state index contributed by atoms with van der Waals surface area (Å²) in [5, 5.41) is 11.8. The molecule has 6 nitrogen and oxygen atoms in total.